The van der Waals surface area contributed by atoms with E-state index in [4.69, 9.17) is 0 Å². The fraction of sp³-hybridized carbons (Fsp3) is 0.444. The van der Waals surface area contributed by atoms with Crippen molar-refractivity contribution in [1.82, 2.24) is 10.2 Å². The van der Waals surface area contributed by atoms with Crippen LogP contribution in [0.25, 0.3) is 6.08 Å². The number of thioether (sulfide) groups is 1. The van der Waals surface area contributed by atoms with E-state index in [1.807, 2.05) is 55.7 Å². The van der Waals surface area contributed by atoms with Crippen LogP contribution in [0.3, 0.4) is 0 Å². The Bertz CT molecular complexity index is 574. The quantitative estimate of drug-likeness (QED) is 0.781. The normalized spacial score (nSPS) is 20.3. The molecule has 1 atom stereocenters. The maximum Gasteiger partial charge on any atom is 0.245 e. The number of amides is 2. The molecule has 2 rings (SSSR count). The monoisotopic (exact) mass is 332 g/mol. The summed E-state index contributed by atoms with van der Waals surface area (Å²) in [7, 11) is 0. The molecule has 2 amide bonds. The fourth-order valence-electron chi connectivity index (χ4n) is 2.62. The number of rotatable bonds is 7. The van der Waals surface area contributed by atoms with E-state index < -0.39 is 5.54 Å². The lowest BCUT2D eigenvalue weighted by Crippen LogP contribution is -2.67. The van der Waals surface area contributed by atoms with Crippen molar-refractivity contribution >= 4 is 29.7 Å². The van der Waals surface area contributed by atoms with Gasteiger partial charge in [0.05, 0.1) is 0 Å². The van der Waals surface area contributed by atoms with Crippen LogP contribution in [-0.4, -0.2) is 47.4 Å². The molecule has 1 fully saturated rings. The summed E-state index contributed by atoms with van der Waals surface area (Å²) in [6.45, 7) is 3.15. The van der Waals surface area contributed by atoms with E-state index in [0.717, 1.165) is 17.7 Å². The van der Waals surface area contributed by atoms with Crippen LogP contribution in [0.1, 0.15) is 25.3 Å². The zero-order chi connectivity index (χ0) is 16.7. The molecule has 1 aliphatic rings. The van der Waals surface area contributed by atoms with Gasteiger partial charge in [0, 0.05) is 25.3 Å². The first-order valence-corrected chi connectivity index (χ1v) is 9.26. The number of nitrogens with zero attached hydrogens (tertiary/aromatic N) is 1. The number of benzene rings is 1. The summed E-state index contributed by atoms with van der Waals surface area (Å²) in [5, 5.41) is 2.92. The second-order valence-corrected chi connectivity index (χ2v) is 6.82. The Balaban J connectivity index is 1.87. The summed E-state index contributed by atoms with van der Waals surface area (Å²) < 4.78 is 0. The molecule has 1 heterocycles. The van der Waals surface area contributed by atoms with Crippen LogP contribution in [0.5, 0.6) is 0 Å². The van der Waals surface area contributed by atoms with E-state index in [1.54, 1.807) is 16.7 Å². The van der Waals surface area contributed by atoms with Gasteiger partial charge in [-0.1, -0.05) is 42.5 Å². The predicted octanol–water partition coefficient (Wildman–Crippen LogP) is 2.56. The van der Waals surface area contributed by atoms with E-state index in [2.05, 4.69) is 5.32 Å². The van der Waals surface area contributed by atoms with Gasteiger partial charge in [0.2, 0.25) is 11.8 Å². The van der Waals surface area contributed by atoms with Gasteiger partial charge in [0.1, 0.15) is 5.54 Å². The first kappa shape index (κ1) is 17.6. The van der Waals surface area contributed by atoms with Crippen molar-refractivity contribution in [2.75, 3.05) is 25.1 Å². The number of nitrogens with one attached hydrogen (secondary N) is 1. The van der Waals surface area contributed by atoms with Crippen LogP contribution in [-0.2, 0) is 9.59 Å². The van der Waals surface area contributed by atoms with Crippen LogP contribution >= 0.6 is 11.8 Å². The van der Waals surface area contributed by atoms with Gasteiger partial charge in [-0.15, -0.1) is 0 Å². The first-order valence-electron chi connectivity index (χ1n) is 7.87. The van der Waals surface area contributed by atoms with Gasteiger partial charge in [0.15, 0.2) is 0 Å². The lowest BCUT2D eigenvalue weighted by molar-refractivity contribution is -0.156. The summed E-state index contributed by atoms with van der Waals surface area (Å²) in [5.41, 5.74) is 0.386. The topological polar surface area (TPSA) is 49.4 Å². The van der Waals surface area contributed by atoms with Gasteiger partial charge in [0.25, 0.3) is 0 Å². The second-order valence-electron chi connectivity index (χ2n) is 5.84. The number of carbonyl (C=O) groups is 2. The van der Waals surface area contributed by atoms with Crippen LogP contribution in [0.4, 0.5) is 0 Å². The SMILES string of the molecule is CSCCNC(=O)C1(C)CCN1C(=O)C/C=C/c1ccccc1. The molecular weight excluding hydrogens is 308 g/mol. The van der Waals surface area contributed by atoms with Crippen LogP contribution < -0.4 is 5.32 Å². The Labute approximate surface area is 142 Å². The van der Waals surface area contributed by atoms with Crippen molar-refractivity contribution in [3.8, 4) is 0 Å². The van der Waals surface area contributed by atoms with Crippen molar-refractivity contribution < 1.29 is 9.59 Å². The third-order valence-electron chi connectivity index (χ3n) is 4.20. The minimum absolute atomic E-state index is 0.00551. The highest BCUT2D eigenvalue weighted by Gasteiger charge is 2.48. The highest BCUT2D eigenvalue weighted by atomic mass is 32.2. The number of hydrogen-bond donors (Lipinski definition) is 1. The van der Waals surface area contributed by atoms with Crippen molar-refractivity contribution in [3.63, 3.8) is 0 Å². The van der Waals surface area contributed by atoms with Gasteiger partial charge in [-0.3, -0.25) is 9.59 Å². The Morgan fingerprint density at radius 2 is 2.09 bits per heavy atom. The molecule has 1 saturated heterocycles. The average Bonchev–Trinajstić information content (AvgIpc) is 2.54. The van der Waals surface area contributed by atoms with Crippen LogP contribution in [0.15, 0.2) is 36.4 Å². The molecule has 1 aromatic rings. The van der Waals surface area contributed by atoms with E-state index in [0.29, 0.717) is 19.5 Å². The molecule has 1 aromatic carbocycles. The molecular formula is C18H24N2O2S. The van der Waals surface area contributed by atoms with Crippen LogP contribution in [0, 0.1) is 0 Å². The van der Waals surface area contributed by atoms with Crippen molar-refractivity contribution in [2.45, 2.75) is 25.3 Å². The zero-order valence-electron chi connectivity index (χ0n) is 13.7. The highest BCUT2D eigenvalue weighted by Crippen LogP contribution is 2.31. The smallest absolute Gasteiger partial charge is 0.245 e. The molecule has 1 aliphatic heterocycles. The Morgan fingerprint density at radius 3 is 2.70 bits per heavy atom. The standard InChI is InChI=1S/C18H24N2O2S/c1-18(17(22)19-12-14-23-2)11-13-20(18)16(21)10-6-9-15-7-4-3-5-8-15/h3-9H,10-14H2,1-2H3,(H,19,22)/b9-6+. The lowest BCUT2D eigenvalue weighted by atomic mass is 9.85. The zero-order valence-corrected chi connectivity index (χ0v) is 14.6. The Hall–Kier alpha value is -1.75. The minimum Gasteiger partial charge on any atom is -0.353 e. The highest BCUT2D eigenvalue weighted by molar-refractivity contribution is 7.98. The van der Waals surface area contributed by atoms with Crippen molar-refractivity contribution in [2.24, 2.45) is 0 Å². The molecule has 5 heteroatoms. The van der Waals surface area contributed by atoms with Gasteiger partial charge < -0.3 is 10.2 Å². The van der Waals surface area contributed by atoms with E-state index >= 15 is 0 Å². The van der Waals surface area contributed by atoms with Crippen molar-refractivity contribution in [1.29, 1.82) is 0 Å². The van der Waals surface area contributed by atoms with Gasteiger partial charge in [-0.25, -0.2) is 0 Å². The largest absolute Gasteiger partial charge is 0.353 e. The molecule has 1 unspecified atom stereocenters. The Morgan fingerprint density at radius 1 is 1.35 bits per heavy atom. The summed E-state index contributed by atoms with van der Waals surface area (Å²) in [5.74, 6) is 0.847. The summed E-state index contributed by atoms with van der Waals surface area (Å²) in [6, 6.07) is 9.88. The van der Waals surface area contributed by atoms with Crippen LogP contribution in [0.2, 0.25) is 0 Å². The van der Waals surface area contributed by atoms with Gasteiger partial charge in [-0.2, -0.15) is 11.8 Å². The molecule has 23 heavy (non-hydrogen) atoms. The number of likely N-dealkylation sites (tertiary alicyclic amines) is 1. The second kappa shape index (κ2) is 8.20. The fourth-order valence-corrected chi connectivity index (χ4v) is 2.93. The van der Waals surface area contributed by atoms with E-state index in [9.17, 15) is 9.59 Å². The number of hydrogen-bond acceptors (Lipinski definition) is 3. The summed E-state index contributed by atoms with van der Waals surface area (Å²) in [6.07, 6.45) is 6.86. The predicted molar refractivity (Wildman–Crippen MR) is 96.2 cm³/mol. The molecule has 0 aliphatic carbocycles. The Kier molecular flexibility index (Phi) is 6.28. The molecule has 0 bridgehead atoms. The molecule has 0 radical (unpaired) electrons. The third-order valence-corrected chi connectivity index (χ3v) is 4.81. The van der Waals surface area contributed by atoms with Crippen molar-refractivity contribution in [3.05, 3.63) is 42.0 Å². The molecule has 0 aromatic heterocycles. The maximum atomic E-state index is 12.4. The third kappa shape index (κ3) is 4.38. The molecule has 0 saturated carbocycles. The molecule has 1 N–H and O–H groups in total. The molecule has 124 valence electrons. The average molecular weight is 332 g/mol. The number of carbonyl (C=O) groups excluding carboxylic acids is 2. The molecule has 4 nitrogen and oxygen atoms in total. The maximum absolute atomic E-state index is 12.4. The minimum atomic E-state index is -0.684. The summed E-state index contributed by atoms with van der Waals surface area (Å²) in [4.78, 5) is 26.3. The van der Waals surface area contributed by atoms with Gasteiger partial charge >= 0.3 is 0 Å². The summed E-state index contributed by atoms with van der Waals surface area (Å²) >= 11 is 1.69. The van der Waals surface area contributed by atoms with E-state index in [1.165, 1.54) is 0 Å². The van der Waals surface area contributed by atoms with Gasteiger partial charge in [-0.05, 0) is 25.2 Å². The van der Waals surface area contributed by atoms with E-state index in [-0.39, 0.29) is 11.8 Å². The first-order chi connectivity index (χ1) is 11.1. The lowest BCUT2D eigenvalue weighted by Gasteiger charge is -2.49. The molecule has 0 spiro atoms.